The number of halogens is 4. The number of aromatic carboxylic acids is 1. The van der Waals surface area contributed by atoms with E-state index < -0.39 is 29.5 Å². The zero-order chi connectivity index (χ0) is 11.6. The first-order chi connectivity index (χ1) is 6.99. The summed E-state index contributed by atoms with van der Waals surface area (Å²) in [6.07, 6.45) is -2.59. The molecular formula is C8H5BrF3NO2. The van der Waals surface area contributed by atoms with Gasteiger partial charge in [0.1, 0.15) is 0 Å². The van der Waals surface area contributed by atoms with E-state index in [1.54, 1.807) is 0 Å². The molecule has 7 heteroatoms. The lowest BCUT2D eigenvalue weighted by Gasteiger charge is -2.09. The summed E-state index contributed by atoms with van der Waals surface area (Å²) >= 11 is 2.83. The summed E-state index contributed by atoms with van der Waals surface area (Å²) in [5, 5.41) is 8.45. The van der Waals surface area contributed by atoms with Crippen molar-refractivity contribution < 1.29 is 23.1 Å². The van der Waals surface area contributed by atoms with Crippen LogP contribution >= 0.6 is 15.9 Å². The van der Waals surface area contributed by atoms with Gasteiger partial charge in [-0.3, -0.25) is 0 Å². The van der Waals surface area contributed by atoms with E-state index >= 15 is 0 Å². The Morgan fingerprint density at radius 2 is 2.20 bits per heavy atom. The van der Waals surface area contributed by atoms with Crippen LogP contribution < -0.4 is 0 Å². The third kappa shape index (κ3) is 2.28. The highest BCUT2D eigenvalue weighted by atomic mass is 79.9. The molecule has 3 nitrogen and oxygen atoms in total. The van der Waals surface area contributed by atoms with Crippen LogP contribution in [0, 0.1) is 5.82 Å². The minimum absolute atomic E-state index is 0.195. The van der Waals surface area contributed by atoms with Gasteiger partial charge in [0, 0.05) is 10.9 Å². The molecule has 0 aliphatic rings. The van der Waals surface area contributed by atoms with Crippen molar-refractivity contribution >= 4 is 21.9 Å². The molecule has 1 heterocycles. The lowest BCUT2D eigenvalue weighted by molar-refractivity contribution is 0.0688. The Balaban J connectivity index is 3.47. The second kappa shape index (κ2) is 4.61. The number of aromatic nitrogens is 1. The molecule has 0 spiro atoms. The van der Waals surface area contributed by atoms with Crippen molar-refractivity contribution in [3.8, 4) is 0 Å². The van der Waals surface area contributed by atoms with E-state index in [2.05, 4.69) is 20.9 Å². The van der Waals surface area contributed by atoms with Gasteiger partial charge in [0.25, 0.3) is 6.43 Å². The number of carbonyl (C=O) groups is 1. The van der Waals surface area contributed by atoms with Gasteiger partial charge in [-0.15, -0.1) is 0 Å². The molecule has 0 aliphatic carbocycles. The molecule has 1 aromatic heterocycles. The number of hydrogen-bond donors (Lipinski definition) is 1. The average molecular weight is 284 g/mol. The quantitative estimate of drug-likeness (QED) is 0.868. The highest BCUT2D eigenvalue weighted by Crippen LogP contribution is 2.28. The standard InChI is InChI=1S/C8H5BrF3NO2/c9-1-3-5(7(11)12)4(10)2-13-6(3)8(14)15/h2,7H,1H2,(H,14,15). The molecule has 0 aromatic carbocycles. The predicted octanol–water partition coefficient (Wildman–Crippen LogP) is 2.75. The summed E-state index contributed by atoms with van der Waals surface area (Å²) in [4.78, 5) is 13.9. The summed E-state index contributed by atoms with van der Waals surface area (Å²) in [5.74, 6) is -2.67. The maximum atomic E-state index is 13.0. The average Bonchev–Trinajstić information content (AvgIpc) is 2.15. The molecule has 1 aromatic rings. The zero-order valence-electron chi connectivity index (χ0n) is 7.18. The summed E-state index contributed by atoms with van der Waals surface area (Å²) in [7, 11) is 0. The first-order valence-corrected chi connectivity index (χ1v) is 4.85. The molecule has 0 saturated carbocycles. The van der Waals surface area contributed by atoms with Gasteiger partial charge in [-0.1, -0.05) is 15.9 Å². The van der Waals surface area contributed by atoms with E-state index in [1.807, 2.05) is 0 Å². The molecule has 0 radical (unpaired) electrons. The van der Waals surface area contributed by atoms with Crippen LogP contribution in [0.2, 0.25) is 0 Å². The fourth-order valence-corrected chi connectivity index (χ4v) is 1.66. The molecule has 0 unspecified atom stereocenters. The summed E-state index contributed by atoms with van der Waals surface area (Å²) in [6.45, 7) is 0. The smallest absolute Gasteiger partial charge is 0.354 e. The van der Waals surface area contributed by atoms with Crippen LogP contribution in [0.1, 0.15) is 28.0 Å². The molecule has 82 valence electrons. The zero-order valence-corrected chi connectivity index (χ0v) is 8.76. The largest absolute Gasteiger partial charge is 0.477 e. The third-order valence-corrected chi connectivity index (χ3v) is 2.29. The molecule has 0 fully saturated rings. The SMILES string of the molecule is O=C(O)c1ncc(F)c(C(F)F)c1CBr. The fourth-order valence-electron chi connectivity index (χ4n) is 1.10. The van der Waals surface area contributed by atoms with Gasteiger partial charge in [-0.2, -0.15) is 0 Å². The number of carboxylic acids is 1. The summed E-state index contributed by atoms with van der Waals surface area (Å²) in [6, 6.07) is 0. The van der Waals surface area contributed by atoms with Crippen LogP contribution in [0.4, 0.5) is 13.2 Å². The van der Waals surface area contributed by atoms with Crippen molar-refractivity contribution in [3.05, 3.63) is 28.8 Å². The van der Waals surface area contributed by atoms with E-state index in [0.717, 1.165) is 0 Å². The van der Waals surface area contributed by atoms with Gasteiger partial charge < -0.3 is 5.11 Å². The van der Waals surface area contributed by atoms with Crippen molar-refractivity contribution in [1.29, 1.82) is 0 Å². The summed E-state index contributed by atoms with van der Waals surface area (Å²) in [5.41, 5.74) is -1.82. The van der Waals surface area contributed by atoms with Gasteiger partial charge in [0.15, 0.2) is 11.5 Å². The highest BCUT2D eigenvalue weighted by molar-refractivity contribution is 9.08. The second-order valence-corrected chi connectivity index (χ2v) is 3.15. The Morgan fingerprint density at radius 3 is 2.60 bits per heavy atom. The Hall–Kier alpha value is -1.11. The molecule has 0 aliphatic heterocycles. The molecular weight excluding hydrogens is 279 g/mol. The highest BCUT2D eigenvalue weighted by Gasteiger charge is 2.24. The van der Waals surface area contributed by atoms with Crippen molar-refractivity contribution in [1.82, 2.24) is 4.98 Å². The number of rotatable bonds is 3. The minimum Gasteiger partial charge on any atom is -0.477 e. The number of hydrogen-bond acceptors (Lipinski definition) is 2. The molecule has 0 bridgehead atoms. The van der Waals surface area contributed by atoms with Crippen LogP contribution in [-0.4, -0.2) is 16.1 Å². The van der Waals surface area contributed by atoms with Gasteiger partial charge in [-0.25, -0.2) is 22.9 Å². The van der Waals surface area contributed by atoms with Crippen molar-refractivity contribution in [2.24, 2.45) is 0 Å². The van der Waals surface area contributed by atoms with Crippen molar-refractivity contribution in [2.45, 2.75) is 11.8 Å². The normalized spacial score (nSPS) is 10.7. The third-order valence-electron chi connectivity index (χ3n) is 1.73. The van der Waals surface area contributed by atoms with Crippen molar-refractivity contribution in [3.63, 3.8) is 0 Å². The van der Waals surface area contributed by atoms with Gasteiger partial charge in [0.2, 0.25) is 0 Å². The lowest BCUT2D eigenvalue weighted by Crippen LogP contribution is -2.10. The topological polar surface area (TPSA) is 50.2 Å². The Labute approximate surface area is 91.1 Å². The number of pyridine rings is 1. The lowest BCUT2D eigenvalue weighted by atomic mass is 10.1. The van der Waals surface area contributed by atoms with E-state index in [0.29, 0.717) is 6.20 Å². The van der Waals surface area contributed by atoms with Gasteiger partial charge in [0.05, 0.1) is 11.8 Å². The number of alkyl halides is 3. The molecule has 1 rings (SSSR count). The van der Waals surface area contributed by atoms with Gasteiger partial charge in [-0.05, 0) is 0 Å². The Kier molecular flexibility index (Phi) is 3.67. The summed E-state index contributed by atoms with van der Waals surface area (Å²) < 4.78 is 37.8. The first kappa shape index (κ1) is 12.0. The second-order valence-electron chi connectivity index (χ2n) is 2.59. The van der Waals surface area contributed by atoms with Crippen molar-refractivity contribution in [2.75, 3.05) is 0 Å². The van der Waals surface area contributed by atoms with Crippen LogP contribution in [-0.2, 0) is 5.33 Å². The van der Waals surface area contributed by atoms with Crippen LogP contribution in [0.25, 0.3) is 0 Å². The van der Waals surface area contributed by atoms with E-state index in [4.69, 9.17) is 5.11 Å². The number of nitrogens with zero attached hydrogens (tertiary/aromatic N) is 1. The molecule has 1 N–H and O–H groups in total. The maximum Gasteiger partial charge on any atom is 0.354 e. The predicted molar refractivity (Wildman–Crippen MR) is 48.7 cm³/mol. The van der Waals surface area contributed by atoms with Crippen LogP contribution in [0.3, 0.4) is 0 Å². The minimum atomic E-state index is -3.07. The fraction of sp³-hybridized carbons (Fsp3) is 0.250. The maximum absolute atomic E-state index is 13.0. The molecule has 0 atom stereocenters. The van der Waals surface area contributed by atoms with E-state index in [-0.39, 0.29) is 10.9 Å². The Bertz CT molecular complexity index is 398. The molecule has 0 amide bonds. The van der Waals surface area contributed by atoms with Gasteiger partial charge >= 0.3 is 5.97 Å². The Morgan fingerprint density at radius 1 is 1.60 bits per heavy atom. The first-order valence-electron chi connectivity index (χ1n) is 3.73. The molecule has 15 heavy (non-hydrogen) atoms. The number of carboxylic acid groups (broad SMARTS) is 1. The van der Waals surface area contributed by atoms with E-state index in [1.165, 1.54) is 0 Å². The molecule has 0 saturated heterocycles. The van der Waals surface area contributed by atoms with Crippen LogP contribution in [0.5, 0.6) is 0 Å². The van der Waals surface area contributed by atoms with E-state index in [9.17, 15) is 18.0 Å². The van der Waals surface area contributed by atoms with Crippen LogP contribution in [0.15, 0.2) is 6.20 Å². The monoisotopic (exact) mass is 283 g/mol.